The van der Waals surface area contributed by atoms with E-state index in [2.05, 4.69) is 10.2 Å². The van der Waals surface area contributed by atoms with Crippen molar-refractivity contribution in [1.82, 2.24) is 20.0 Å². The maximum absolute atomic E-state index is 12.0. The number of hydrogen-bond acceptors (Lipinski definition) is 6. The first-order chi connectivity index (χ1) is 13.2. The summed E-state index contributed by atoms with van der Waals surface area (Å²) in [4.78, 5) is 52.1. The Morgan fingerprint density at radius 2 is 1.61 bits per heavy atom. The maximum atomic E-state index is 12.0. The summed E-state index contributed by atoms with van der Waals surface area (Å²) in [6, 6.07) is 0. The van der Waals surface area contributed by atoms with Crippen LogP contribution in [0.2, 0.25) is 0 Å². The zero-order chi connectivity index (χ0) is 20.7. The predicted octanol–water partition coefficient (Wildman–Crippen LogP) is 0.585. The van der Waals surface area contributed by atoms with Crippen LogP contribution in [-0.4, -0.2) is 89.9 Å². The van der Waals surface area contributed by atoms with Gasteiger partial charge in [0.1, 0.15) is 5.60 Å². The van der Waals surface area contributed by atoms with Crippen molar-refractivity contribution in [2.75, 3.05) is 45.8 Å². The summed E-state index contributed by atoms with van der Waals surface area (Å²) in [5.41, 5.74) is -0.484. The molecule has 9 nitrogen and oxygen atoms in total. The van der Waals surface area contributed by atoms with Crippen LogP contribution in [-0.2, 0) is 19.1 Å². The lowest BCUT2D eigenvalue weighted by molar-refractivity contribution is -0.138. The van der Waals surface area contributed by atoms with Crippen molar-refractivity contribution in [1.29, 1.82) is 0 Å². The van der Waals surface area contributed by atoms with Crippen LogP contribution in [0.25, 0.3) is 0 Å². The smallest absolute Gasteiger partial charge is 0.410 e. The molecule has 0 aliphatic carbocycles. The van der Waals surface area contributed by atoms with Gasteiger partial charge in [0.25, 0.3) is 0 Å². The van der Waals surface area contributed by atoms with Crippen LogP contribution in [0.4, 0.5) is 4.79 Å². The first kappa shape index (κ1) is 22.1. The fraction of sp³-hybridized carbons (Fsp3) is 0.789. The van der Waals surface area contributed by atoms with E-state index < -0.39 is 5.60 Å². The topological polar surface area (TPSA) is 99.3 Å². The molecule has 2 saturated heterocycles. The summed E-state index contributed by atoms with van der Waals surface area (Å²) in [5.74, 6) is -0.533. The Bertz CT molecular complexity index is 578. The minimum Gasteiger partial charge on any atom is -0.444 e. The number of amides is 4. The number of ether oxygens (including phenoxy) is 1. The van der Waals surface area contributed by atoms with Gasteiger partial charge >= 0.3 is 6.09 Å². The highest BCUT2D eigenvalue weighted by Crippen LogP contribution is 2.12. The fourth-order valence-electron chi connectivity index (χ4n) is 3.19. The third-order valence-electron chi connectivity index (χ3n) is 4.71. The van der Waals surface area contributed by atoms with E-state index in [1.807, 2.05) is 20.8 Å². The fourth-order valence-corrected chi connectivity index (χ4v) is 3.19. The number of carbonyl (C=O) groups is 4. The summed E-state index contributed by atoms with van der Waals surface area (Å²) in [6.45, 7) is 9.97. The molecule has 0 unspecified atom stereocenters. The van der Waals surface area contributed by atoms with Crippen molar-refractivity contribution in [3.8, 4) is 0 Å². The van der Waals surface area contributed by atoms with Crippen LogP contribution in [0.1, 0.15) is 46.5 Å². The molecule has 2 aliphatic rings. The Morgan fingerprint density at radius 1 is 1.00 bits per heavy atom. The van der Waals surface area contributed by atoms with Crippen molar-refractivity contribution in [3.63, 3.8) is 0 Å². The molecule has 4 amide bonds. The zero-order valence-electron chi connectivity index (χ0n) is 17.2. The first-order valence-corrected chi connectivity index (χ1v) is 9.96. The van der Waals surface area contributed by atoms with E-state index in [9.17, 15) is 19.2 Å². The number of rotatable bonds is 7. The lowest BCUT2D eigenvalue weighted by atomic mass is 10.2. The Morgan fingerprint density at radius 3 is 2.18 bits per heavy atom. The molecule has 158 valence electrons. The number of nitrogens with zero attached hydrogens (tertiary/aromatic N) is 3. The Kier molecular flexibility index (Phi) is 7.79. The highest BCUT2D eigenvalue weighted by molar-refractivity contribution is 6.02. The maximum Gasteiger partial charge on any atom is 0.410 e. The van der Waals surface area contributed by atoms with Gasteiger partial charge in [0.15, 0.2) is 0 Å². The van der Waals surface area contributed by atoms with Gasteiger partial charge in [-0.05, 0) is 33.7 Å². The molecule has 1 N–H and O–H groups in total. The van der Waals surface area contributed by atoms with E-state index in [-0.39, 0.29) is 49.6 Å². The van der Waals surface area contributed by atoms with Gasteiger partial charge in [-0.15, -0.1) is 0 Å². The normalized spacial score (nSPS) is 18.5. The largest absolute Gasteiger partial charge is 0.444 e. The minimum atomic E-state index is -0.484. The molecule has 0 aromatic heterocycles. The van der Waals surface area contributed by atoms with Gasteiger partial charge in [-0.1, -0.05) is 0 Å². The van der Waals surface area contributed by atoms with E-state index >= 15 is 0 Å². The van der Waals surface area contributed by atoms with E-state index in [4.69, 9.17) is 4.74 Å². The molecule has 0 aromatic carbocycles. The molecular formula is C19H32N4O5. The van der Waals surface area contributed by atoms with Crippen LogP contribution < -0.4 is 5.32 Å². The Hall–Kier alpha value is -2.16. The lowest BCUT2D eigenvalue weighted by Crippen LogP contribution is -2.50. The van der Waals surface area contributed by atoms with Crippen molar-refractivity contribution < 1.29 is 23.9 Å². The summed E-state index contributed by atoms with van der Waals surface area (Å²) in [6.07, 6.45) is 1.18. The molecule has 9 heteroatoms. The van der Waals surface area contributed by atoms with E-state index in [1.165, 1.54) is 4.90 Å². The molecule has 2 aliphatic heterocycles. The molecule has 0 spiro atoms. The van der Waals surface area contributed by atoms with Gasteiger partial charge in [-0.2, -0.15) is 0 Å². The van der Waals surface area contributed by atoms with Gasteiger partial charge < -0.3 is 15.0 Å². The number of nitrogens with one attached hydrogen (secondary N) is 1. The van der Waals surface area contributed by atoms with E-state index in [0.29, 0.717) is 19.6 Å². The molecule has 0 bridgehead atoms. The molecule has 28 heavy (non-hydrogen) atoms. The molecule has 2 fully saturated rings. The third-order valence-corrected chi connectivity index (χ3v) is 4.71. The molecular weight excluding hydrogens is 364 g/mol. The van der Waals surface area contributed by atoms with Gasteiger partial charge in [-0.25, -0.2) is 4.79 Å². The standard InChI is InChI=1S/C19H32N4O5/c1-19(2,3)28-18(27)22-13-11-21(12-14-22)9-4-8-20-15(24)7-10-23-16(25)5-6-17(23)26/h4-14H2,1-3H3,(H,20,24). The average molecular weight is 396 g/mol. The second kappa shape index (κ2) is 9.86. The van der Waals surface area contributed by atoms with E-state index in [0.717, 1.165) is 26.1 Å². The van der Waals surface area contributed by atoms with Crippen LogP contribution in [0.3, 0.4) is 0 Å². The summed E-state index contributed by atoms with van der Waals surface area (Å²) in [5, 5.41) is 2.83. The van der Waals surface area contributed by atoms with Gasteiger partial charge in [0, 0.05) is 58.5 Å². The van der Waals surface area contributed by atoms with E-state index in [1.54, 1.807) is 4.90 Å². The molecule has 2 heterocycles. The Labute approximate surface area is 166 Å². The predicted molar refractivity (Wildman–Crippen MR) is 102 cm³/mol. The number of piperazine rings is 1. The second-order valence-corrected chi connectivity index (χ2v) is 8.20. The first-order valence-electron chi connectivity index (χ1n) is 9.96. The van der Waals surface area contributed by atoms with Crippen LogP contribution in [0, 0.1) is 0 Å². The van der Waals surface area contributed by atoms with Crippen LogP contribution in [0.5, 0.6) is 0 Å². The summed E-state index contributed by atoms with van der Waals surface area (Å²) < 4.78 is 5.39. The van der Waals surface area contributed by atoms with Crippen molar-refractivity contribution >= 4 is 23.8 Å². The van der Waals surface area contributed by atoms with Crippen LogP contribution in [0.15, 0.2) is 0 Å². The quantitative estimate of drug-likeness (QED) is 0.499. The average Bonchev–Trinajstić information content (AvgIpc) is 2.94. The second-order valence-electron chi connectivity index (χ2n) is 8.20. The van der Waals surface area contributed by atoms with Gasteiger partial charge in [-0.3, -0.25) is 24.2 Å². The molecule has 0 atom stereocenters. The van der Waals surface area contributed by atoms with Crippen LogP contribution >= 0.6 is 0 Å². The molecule has 2 rings (SSSR count). The van der Waals surface area contributed by atoms with Gasteiger partial charge in [0.05, 0.1) is 0 Å². The highest BCUT2D eigenvalue weighted by atomic mass is 16.6. The van der Waals surface area contributed by atoms with Crippen molar-refractivity contribution in [3.05, 3.63) is 0 Å². The molecule has 0 aromatic rings. The number of imide groups is 1. The SMILES string of the molecule is CC(C)(C)OC(=O)N1CCN(CCCNC(=O)CCN2C(=O)CCC2=O)CC1. The summed E-state index contributed by atoms with van der Waals surface area (Å²) in [7, 11) is 0. The molecule has 0 radical (unpaired) electrons. The lowest BCUT2D eigenvalue weighted by Gasteiger charge is -2.35. The van der Waals surface area contributed by atoms with Crippen molar-refractivity contribution in [2.24, 2.45) is 0 Å². The zero-order valence-corrected chi connectivity index (χ0v) is 17.2. The monoisotopic (exact) mass is 396 g/mol. The Balaban J connectivity index is 1.54. The van der Waals surface area contributed by atoms with Crippen molar-refractivity contribution in [2.45, 2.75) is 52.1 Å². The highest BCUT2D eigenvalue weighted by Gasteiger charge is 2.29. The number of likely N-dealkylation sites (tertiary alicyclic amines) is 1. The third kappa shape index (κ3) is 7.10. The molecule has 0 saturated carbocycles. The minimum absolute atomic E-state index is 0.145. The van der Waals surface area contributed by atoms with Gasteiger partial charge in [0.2, 0.25) is 17.7 Å². The number of carbonyl (C=O) groups excluding carboxylic acids is 4. The number of hydrogen-bond donors (Lipinski definition) is 1. The summed E-state index contributed by atoms with van der Waals surface area (Å²) >= 11 is 0.